The van der Waals surface area contributed by atoms with E-state index in [4.69, 9.17) is 0 Å². The molecule has 0 amide bonds. The van der Waals surface area contributed by atoms with Gasteiger partial charge in [-0.3, -0.25) is 4.79 Å². The van der Waals surface area contributed by atoms with Gasteiger partial charge < -0.3 is 0 Å². The zero-order valence-electron chi connectivity index (χ0n) is 6.87. The first-order valence-corrected chi connectivity index (χ1v) is 8.62. The van der Waals surface area contributed by atoms with Gasteiger partial charge in [0.1, 0.15) is 5.69 Å². The summed E-state index contributed by atoms with van der Waals surface area (Å²) in [5.41, 5.74) is 1.51. The molecule has 6 heteroatoms. The lowest BCUT2D eigenvalue weighted by Gasteiger charge is -1.95. The predicted octanol–water partition coefficient (Wildman–Crippen LogP) is 3.40. The molecule has 1 unspecified atom stereocenters. The summed E-state index contributed by atoms with van der Waals surface area (Å²) in [6, 6.07) is 5.83. The molecule has 0 saturated heterocycles. The van der Waals surface area contributed by atoms with E-state index in [0.717, 1.165) is 21.7 Å². The van der Waals surface area contributed by atoms with E-state index in [2.05, 4.69) is 43.1 Å². The minimum Gasteiger partial charge on any atom is -0.296 e. The first kappa shape index (κ1) is 10.5. The Labute approximate surface area is 104 Å². The molecule has 0 radical (unpaired) electrons. The van der Waals surface area contributed by atoms with Gasteiger partial charge in [0, 0.05) is 9.86 Å². The zero-order valence-corrected chi connectivity index (χ0v) is 11.6. The van der Waals surface area contributed by atoms with E-state index in [1.54, 1.807) is 0 Å². The van der Waals surface area contributed by atoms with Gasteiger partial charge in [-0.1, -0.05) is 15.9 Å². The van der Waals surface area contributed by atoms with Crippen LogP contribution in [0.25, 0.3) is 10.9 Å². The molecule has 1 atom stereocenters. The Kier molecular flexibility index (Phi) is 3.19. The monoisotopic (exact) mass is 382 g/mol. The maximum atomic E-state index is 10.8. The minimum absolute atomic E-state index is 0.505. The predicted molar refractivity (Wildman–Crippen MR) is 70.6 cm³/mol. The Bertz CT molecular complexity index is 499. The topological polar surface area (TPSA) is 34.9 Å². The van der Waals surface area contributed by atoms with Crippen LogP contribution in [-0.2, 0) is 0 Å². The second-order valence-electron chi connectivity index (χ2n) is 2.66. The van der Waals surface area contributed by atoms with Crippen LogP contribution in [0.3, 0.4) is 0 Å². The summed E-state index contributed by atoms with van der Waals surface area (Å²) < 4.78 is 2.80. The number of aromatic nitrogens is 2. The third-order valence-electron chi connectivity index (χ3n) is 1.86. The lowest BCUT2D eigenvalue weighted by molar-refractivity contribution is 0.112. The summed E-state index contributed by atoms with van der Waals surface area (Å²) in [6.07, 6.45) is 1.30. The number of benzene rings is 1. The van der Waals surface area contributed by atoms with Gasteiger partial charge in [0.25, 0.3) is 0 Å². The van der Waals surface area contributed by atoms with Crippen molar-refractivity contribution in [2.45, 2.75) is 0 Å². The molecule has 1 aromatic heterocycles. The molecule has 0 N–H and O–H groups in total. The SMILES string of the molecule is O=Cc1nn(PI)c2ccc(Br)cc12. The van der Waals surface area contributed by atoms with E-state index in [1.807, 2.05) is 22.7 Å². The van der Waals surface area contributed by atoms with Crippen molar-refractivity contribution in [3.63, 3.8) is 0 Å². The van der Waals surface area contributed by atoms with Crippen LogP contribution in [0.5, 0.6) is 0 Å². The average molecular weight is 383 g/mol. The largest absolute Gasteiger partial charge is 0.296 e. The van der Waals surface area contributed by atoms with Crippen LogP contribution in [-0.4, -0.2) is 15.8 Å². The van der Waals surface area contributed by atoms with Crippen LogP contribution in [0.2, 0.25) is 0 Å². The van der Waals surface area contributed by atoms with Crippen LogP contribution in [0.4, 0.5) is 0 Å². The van der Waals surface area contributed by atoms with E-state index in [1.165, 1.54) is 0 Å². The van der Waals surface area contributed by atoms with Crippen molar-refractivity contribution in [3.8, 4) is 0 Å². The van der Waals surface area contributed by atoms with Gasteiger partial charge in [0.15, 0.2) is 6.29 Å². The van der Waals surface area contributed by atoms with Crippen molar-refractivity contribution in [3.05, 3.63) is 28.4 Å². The number of nitrogens with zero attached hydrogens (tertiary/aromatic N) is 2. The van der Waals surface area contributed by atoms with E-state index >= 15 is 0 Å². The molecule has 0 fully saturated rings. The molecule has 1 aromatic carbocycles. The molecular weight excluding hydrogens is 378 g/mol. The highest BCUT2D eigenvalue weighted by Gasteiger charge is 2.08. The molecule has 0 bridgehead atoms. The first-order chi connectivity index (χ1) is 6.76. The zero-order chi connectivity index (χ0) is 10.1. The molecule has 0 aliphatic carbocycles. The van der Waals surface area contributed by atoms with Crippen molar-refractivity contribution >= 4 is 61.5 Å². The van der Waals surface area contributed by atoms with E-state index in [-0.39, 0.29) is 0 Å². The Balaban J connectivity index is 2.82. The normalized spacial score (nSPS) is 11.6. The van der Waals surface area contributed by atoms with E-state index < -0.39 is 0 Å². The fourth-order valence-electron chi connectivity index (χ4n) is 1.27. The van der Waals surface area contributed by atoms with Crippen LogP contribution < -0.4 is 0 Å². The van der Waals surface area contributed by atoms with E-state index in [0.29, 0.717) is 12.1 Å². The van der Waals surface area contributed by atoms with Crippen LogP contribution in [0.1, 0.15) is 10.5 Å². The lowest BCUT2D eigenvalue weighted by atomic mass is 10.2. The van der Waals surface area contributed by atoms with Crippen molar-refractivity contribution in [2.75, 3.05) is 0 Å². The molecule has 0 saturated carbocycles. The number of halogens is 2. The molecule has 1 heterocycles. The van der Waals surface area contributed by atoms with E-state index in [9.17, 15) is 4.79 Å². The highest BCUT2D eigenvalue weighted by atomic mass is 127. The smallest absolute Gasteiger partial charge is 0.170 e. The Morgan fingerprint density at radius 2 is 2.36 bits per heavy atom. The molecule has 2 aromatic rings. The fourth-order valence-corrected chi connectivity index (χ4v) is 3.16. The molecule has 72 valence electrons. The molecular formula is C8H5BrIN2OP. The van der Waals surface area contributed by atoms with Gasteiger partial charge in [-0.05, 0) is 40.2 Å². The molecule has 0 spiro atoms. The highest BCUT2D eigenvalue weighted by molar-refractivity contribution is 14.2. The Morgan fingerprint density at radius 3 is 3.00 bits per heavy atom. The third-order valence-corrected chi connectivity index (χ3v) is 4.23. The quantitative estimate of drug-likeness (QED) is 0.453. The first-order valence-electron chi connectivity index (χ1n) is 3.76. The fraction of sp³-hybridized carbons (Fsp3) is 0. The molecule has 0 aliphatic heterocycles. The van der Waals surface area contributed by atoms with Crippen molar-refractivity contribution < 1.29 is 4.79 Å². The summed E-state index contributed by atoms with van der Waals surface area (Å²) in [5.74, 6) is 0. The summed E-state index contributed by atoms with van der Waals surface area (Å²) >= 11 is 5.61. The Hall–Kier alpha value is -0.000000000000000167. The third kappa shape index (κ3) is 1.73. The second-order valence-corrected chi connectivity index (χ2v) is 5.62. The number of fused-ring (bicyclic) bond motifs is 1. The molecule has 0 aliphatic rings. The van der Waals surface area contributed by atoms with Gasteiger partial charge in [0.05, 0.1) is 11.9 Å². The standard InChI is InChI=1S/C8H5BrIN2OP/c9-5-1-2-8-6(3-5)7(4-13)11-12(8)14-10/h1-4,14H. The maximum absolute atomic E-state index is 10.8. The van der Waals surface area contributed by atoms with Crippen LogP contribution in [0, 0.1) is 0 Å². The van der Waals surface area contributed by atoms with Crippen LogP contribution in [0.15, 0.2) is 22.7 Å². The van der Waals surface area contributed by atoms with Gasteiger partial charge in [-0.25, -0.2) is 4.45 Å². The minimum atomic E-state index is 0.505. The summed E-state index contributed by atoms with van der Waals surface area (Å²) in [6.45, 7) is 0. The lowest BCUT2D eigenvalue weighted by Crippen LogP contribution is -1.84. The summed E-state index contributed by atoms with van der Waals surface area (Å²) in [7, 11) is 0. The maximum Gasteiger partial charge on any atom is 0.170 e. The van der Waals surface area contributed by atoms with Gasteiger partial charge in [-0.2, -0.15) is 5.10 Å². The average Bonchev–Trinajstić information content (AvgIpc) is 2.55. The number of aldehydes is 1. The van der Waals surface area contributed by atoms with Crippen molar-refractivity contribution in [1.82, 2.24) is 9.55 Å². The van der Waals surface area contributed by atoms with Gasteiger partial charge in [-0.15, -0.1) is 0 Å². The number of carbonyl (C=O) groups is 1. The van der Waals surface area contributed by atoms with Crippen molar-refractivity contribution in [2.24, 2.45) is 0 Å². The second kappa shape index (κ2) is 4.24. The summed E-state index contributed by atoms with van der Waals surface area (Å²) in [4.78, 5) is 10.8. The highest BCUT2D eigenvalue weighted by Crippen LogP contribution is 2.31. The number of carbonyl (C=O) groups excluding carboxylic acids is 1. The Morgan fingerprint density at radius 1 is 1.57 bits per heavy atom. The molecule has 2 rings (SSSR count). The molecule has 14 heavy (non-hydrogen) atoms. The number of rotatable bonds is 2. The molecule has 3 nitrogen and oxygen atoms in total. The summed E-state index contributed by atoms with van der Waals surface area (Å²) in [5, 5.41) is 5.10. The van der Waals surface area contributed by atoms with Crippen molar-refractivity contribution in [1.29, 1.82) is 0 Å². The van der Waals surface area contributed by atoms with Crippen LogP contribution >= 0.6 is 44.3 Å². The van der Waals surface area contributed by atoms with Gasteiger partial charge in [0.2, 0.25) is 0 Å². The number of hydrogen-bond acceptors (Lipinski definition) is 2. The van der Waals surface area contributed by atoms with Gasteiger partial charge >= 0.3 is 0 Å². The number of hydrogen-bond donors (Lipinski definition) is 0.